The number of carbonyl (C=O) groups excluding carboxylic acids is 2. The van der Waals surface area contributed by atoms with E-state index < -0.39 is 0 Å². The molecular formula is C20H23N5O2. The lowest BCUT2D eigenvalue weighted by Gasteiger charge is -2.20. The molecule has 2 N–H and O–H groups in total. The third kappa shape index (κ3) is 3.72. The molecule has 2 aliphatic rings. The second-order valence-electron chi connectivity index (χ2n) is 7.04. The van der Waals surface area contributed by atoms with Crippen molar-refractivity contribution in [3.05, 3.63) is 48.2 Å². The van der Waals surface area contributed by atoms with Gasteiger partial charge in [0.1, 0.15) is 5.82 Å². The lowest BCUT2D eigenvalue weighted by molar-refractivity contribution is -0.115. The molecular weight excluding hydrogens is 342 g/mol. The molecule has 1 aromatic carbocycles. The molecule has 140 valence electrons. The van der Waals surface area contributed by atoms with Gasteiger partial charge in [-0.3, -0.25) is 9.59 Å². The fourth-order valence-electron chi connectivity index (χ4n) is 3.61. The first-order valence-electron chi connectivity index (χ1n) is 9.22. The van der Waals surface area contributed by atoms with Crippen LogP contribution >= 0.6 is 0 Å². The molecule has 0 radical (unpaired) electrons. The van der Waals surface area contributed by atoms with E-state index in [0.29, 0.717) is 24.2 Å². The summed E-state index contributed by atoms with van der Waals surface area (Å²) in [5.74, 6) is 0.789. The van der Waals surface area contributed by atoms with Crippen LogP contribution in [0.4, 0.5) is 17.2 Å². The Kier molecular flexibility index (Phi) is 4.66. The van der Waals surface area contributed by atoms with Gasteiger partial charge >= 0.3 is 0 Å². The quantitative estimate of drug-likeness (QED) is 0.868. The number of hydrogen-bond acceptors (Lipinski definition) is 5. The van der Waals surface area contributed by atoms with Crippen LogP contribution in [0.2, 0.25) is 0 Å². The molecule has 1 aromatic heterocycles. The number of amides is 2. The number of anilines is 3. The Morgan fingerprint density at radius 3 is 2.96 bits per heavy atom. The minimum atomic E-state index is -0.119. The minimum Gasteiger partial charge on any atom is -0.372 e. The maximum atomic E-state index is 12.7. The summed E-state index contributed by atoms with van der Waals surface area (Å²) < 4.78 is 0. The van der Waals surface area contributed by atoms with Crippen LogP contribution in [0.15, 0.2) is 42.6 Å². The average Bonchev–Trinajstić information content (AvgIpc) is 3.09. The molecule has 7 heteroatoms. The predicted molar refractivity (Wildman–Crippen MR) is 105 cm³/mol. The van der Waals surface area contributed by atoms with Crippen LogP contribution in [0.1, 0.15) is 23.2 Å². The van der Waals surface area contributed by atoms with E-state index in [-0.39, 0.29) is 17.9 Å². The Labute approximate surface area is 158 Å². The van der Waals surface area contributed by atoms with Crippen molar-refractivity contribution in [2.45, 2.75) is 18.9 Å². The molecule has 1 fully saturated rings. The maximum Gasteiger partial charge on any atom is 0.251 e. The van der Waals surface area contributed by atoms with Gasteiger partial charge in [-0.15, -0.1) is 0 Å². The second-order valence-corrected chi connectivity index (χ2v) is 7.04. The van der Waals surface area contributed by atoms with Crippen LogP contribution in [0, 0.1) is 0 Å². The topological polar surface area (TPSA) is 77.6 Å². The highest BCUT2D eigenvalue weighted by atomic mass is 16.2. The zero-order valence-electron chi connectivity index (χ0n) is 15.3. The summed E-state index contributed by atoms with van der Waals surface area (Å²) in [6.07, 6.45) is 3.10. The molecule has 0 saturated carbocycles. The Morgan fingerprint density at radius 2 is 2.15 bits per heavy atom. The zero-order valence-corrected chi connectivity index (χ0v) is 15.3. The normalized spacial score (nSPS) is 19.3. The van der Waals surface area contributed by atoms with Gasteiger partial charge in [0, 0.05) is 50.9 Å². The van der Waals surface area contributed by atoms with Crippen molar-refractivity contribution in [2.75, 3.05) is 41.8 Å². The third-order valence-corrected chi connectivity index (χ3v) is 5.12. The SMILES string of the molecule is CN1CCC(=O)Nc2cc(C(=O)NC3CCN(c4ccccn4)C3)ccc21. The fourth-order valence-corrected chi connectivity index (χ4v) is 3.61. The standard InChI is InChI=1S/C20H23N5O2/c1-24-10-8-19(26)23-16-12-14(5-6-17(16)24)20(27)22-15-7-11-25(13-15)18-4-2-3-9-21-18/h2-6,9,12,15H,7-8,10-11,13H2,1H3,(H,22,27)(H,23,26). The third-order valence-electron chi connectivity index (χ3n) is 5.12. The Bertz CT molecular complexity index is 855. The number of benzene rings is 1. The number of aromatic nitrogens is 1. The highest BCUT2D eigenvalue weighted by molar-refractivity contribution is 6.01. The van der Waals surface area contributed by atoms with Crippen LogP contribution in [-0.2, 0) is 4.79 Å². The molecule has 1 saturated heterocycles. The van der Waals surface area contributed by atoms with Gasteiger partial charge in [0.25, 0.3) is 5.91 Å². The van der Waals surface area contributed by atoms with Crippen LogP contribution < -0.4 is 20.4 Å². The van der Waals surface area contributed by atoms with Crippen LogP contribution in [-0.4, -0.2) is 49.5 Å². The summed E-state index contributed by atoms with van der Waals surface area (Å²) in [5, 5.41) is 6.00. The number of carbonyl (C=O) groups is 2. The Morgan fingerprint density at radius 1 is 1.26 bits per heavy atom. The van der Waals surface area contributed by atoms with Crippen LogP contribution in [0.25, 0.3) is 0 Å². The largest absolute Gasteiger partial charge is 0.372 e. The van der Waals surface area contributed by atoms with Crippen molar-refractivity contribution in [3.63, 3.8) is 0 Å². The van der Waals surface area contributed by atoms with Crippen molar-refractivity contribution >= 4 is 29.0 Å². The molecule has 0 aliphatic carbocycles. The van der Waals surface area contributed by atoms with E-state index in [1.807, 2.05) is 42.3 Å². The molecule has 3 heterocycles. The van der Waals surface area contributed by atoms with Gasteiger partial charge in [-0.2, -0.15) is 0 Å². The van der Waals surface area contributed by atoms with E-state index in [1.54, 1.807) is 12.3 Å². The lowest BCUT2D eigenvalue weighted by Crippen LogP contribution is -2.37. The first-order valence-corrected chi connectivity index (χ1v) is 9.22. The van der Waals surface area contributed by atoms with Gasteiger partial charge < -0.3 is 20.4 Å². The molecule has 2 aliphatic heterocycles. The van der Waals surface area contributed by atoms with Crippen molar-refractivity contribution in [2.24, 2.45) is 0 Å². The molecule has 1 unspecified atom stereocenters. The van der Waals surface area contributed by atoms with Crippen LogP contribution in [0.5, 0.6) is 0 Å². The number of rotatable bonds is 3. The molecule has 2 aromatic rings. The van der Waals surface area contributed by atoms with Gasteiger partial charge in [0.2, 0.25) is 5.91 Å². The van der Waals surface area contributed by atoms with E-state index in [1.165, 1.54) is 0 Å². The second kappa shape index (κ2) is 7.26. The average molecular weight is 365 g/mol. The summed E-state index contributed by atoms with van der Waals surface area (Å²) >= 11 is 0. The predicted octanol–water partition coefficient (Wildman–Crippen LogP) is 1.87. The Balaban J connectivity index is 1.44. The molecule has 1 atom stereocenters. The van der Waals surface area contributed by atoms with E-state index in [2.05, 4.69) is 20.5 Å². The summed E-state index contributed by atoms with van der Waals surface area (Å²) in [4.78, 5) is 33.2. The van der Waals surface area contributed by atoms with Gasteiger partial charge in [-0.25, -0.2) is 4.98 Å². The van der Waals surface area contributed by atoms with E-state index in [4.69, 9.17) is 0 Å². The minimum absolute atomic E-state index is 0.0278. The van der Waals surface area contributed by atoms with Gasteiger partial charge in [0.15, 0.2) is 0 Å². The number of nitrogens with zero attached hydrogens (tertiary/aromatic N) is 3. The highest BCUT2D eigenvalue weighted by Gasteiger charge is 2.25. The molecule has 27 heavy (non-hydrogen) atoms. The van der Waals surface area contributed by atoms with Gasteiger partial charge in [-0.1, -0.05) is 6.07 Å². The van der Waals surface area contributed by atoms with E-state index in [0.717, 1.165) is 31.0 Å². The lowest BCUT2D eigenvalue weighted by atomic mass is 10.1. The fraction of sp³-hybridized carbons (Fsp3) is 0.350. The van der Waals surface area contributed by atoms with Gasteiger partial charge in [-0.05, 0) is 36.8 Å². The van der Waals surface area contributed by atoms with Crippen molar-refractivity contribution in [1.29, 1.82) is 0 Å². The first kappa shape index (κ1) is 17.3. The Hall–Kier alpha value is -3.09. The monoisotopic (exact) mass is 365 g/mol. The number of nitrogens with one attached hydrogen (secondary N) is 2. The summed E-state index contributed by atoms with van der Waals surface area (Å²) in [6.45, 7) is 2.27. The van der Waals surface area contributed by atoms with Gasteiger partial charge in [0.05, 0.1) is 11.4 Å². The van der Waals surface area contributed by atoms with Crippen LogP contribution in [0.3, 0.4) is 0 Å². The van der Waals surface area contributed by atoms with E-state index >= 15 is 0 Å². The smallest absolute Gasteiger partial charge is 0.251 e. The number of pyridine rings is 1. The molecule has 4 rings (SSSR count). The van der Waals surface area contributed by atoms with Crippen molar-refractivity contribution in [1.82, 2.24) is 10.3 Å². The number of hydrogen-bond donors (Lipinski definition) is 2. The summed E-state index contributed by atoms with van der Waals surface area (Å²) in [5.41, 5.74) is 2.18. The maximum absolute atomic E-state index is 12.7. The summed E-state index contributed by atoms with van der Waals surface area (Å²) in [6, 6.07) is 11.4. The van der Waals surface area contributed by atoms with Crippen molar-refractivity contribution in [3.8, 4) is 0 Å². The first-order chi connectivity index (χ1) is 13.1. The molecule has 7 nitrogen and oxygen atoms in total. The van der Waals surface area contributed by atoms with Crippen molar-refractivity contribution < 1.29 is 9.59 Å². The zero-order chi connectivity index (χ0) is 18.8. The molecule has 0 bridgehead atoms. The molecule has 2 amide bonds. The highest BCUT2D eigenvalue weighted by Crippen LogP contribution is 2.29. The van der Waals surface area contributed by atoms with E-state index in [9.17, 15) is 9.59 Å². The summed E-state index contributed by atoms with van der Waals surface area (Å²) in [7, 11) is 1.95. The number of fused-ring (bicyclic) bond motifs is 1. The molecule has 0 spiro atoms.